The lowest BCUT2D eigenvalue weighted by Gasteiger charge is -2.41. The van der Waals surface area contributed by atoms with E-state index in [1.54, 1.807) is 6.07 Å². The predicted octanol–water partition coefficient (Wildman–Crippen LogP) is 2.43. The zero-order valence-corrected chi connectivity index (χ0v) is 8.72. The van der Waals surface area contributed by atoms with Crippen LogP contribution in [-0.4, -0.2) is 11.7 Å². The number of rotatable bonds is 2. The van der Waals surface area contributed by atoms with E-state index in [-0.39, 0.29) is 11.2 Å². The number of benzene rings is 1. The molecule has 0 aromatic heterocycles. The number of hydrogen-bond acceptors (Lipinski definition) is 2. The van der Waals surface area contributed by atoms with Gasteiger partial charge in [0.15, 0.2) is 0 Å². The van der Waals surface area contributed by atoms with E-state index in [0.29, 0.717) is 11.6 Å². The summed E-state index contributed by atoms with van der Waals surface area (Å²) in [4.78, 5) is 0. The molecule has 76 valence electrons. The van der Waals surface area contributed by atoms with Gasteiger partial charge >= 0.3 is 0 Å². The van der Waals surface area contributed by atoms with Crippen molar-refractivity contribution in [3.8, 4) is 5.75 Å². The van der Waals surface area contributed by atoms with E-state index in [1.807, 2.05) is 12.1 Å². The fourth-order valence-electron chi connectivity index (χ4n) is 2.14. The molecule has 0 atom stereocenters. The second kappa shape index (κ2) is 3.44. The molecule has 1 aromatic rings. The van der Waals surface area contributed by atoms with Crippen molar-refractivity contribution in [2.24, 2.45) is 5.73 Å². The van der Waals surface area contributed by atoms with Gasteiger partial charge < -0.3 is 10.8 Å². The predicted molar refractivity (Wildman–Crippen MR) is 57.7 cm³/mol. The minimum absolute atomic E-state index is 0.00860. The van der Waals surface area contributed by atoms with Crippen molar-refractivity contribution in [2.45, 2.75) is 24.7 Å². The Morgan fingerprint density at radius 2 is 2.14 bits per heavy atom. The zero-order valence-electron chi connectivity index (χ0n) is 7.96. The third kappa shape index (κ3) is 1.39. The summed E-state index contributed by atoms with van der Waals surface area (Å²) in [6.07, 6.45) is 3.33. The lowest BCUT2D eigenvalue weighted by atomic mass is 9.64. The fourth-order valence-corrected chi connectivity index (χ4v) is 2.31. The molecule has 0 unspecified atom stereocenters. The third-order valence-electron chi connectivity index (χ3n) is 3.23. The highest BCUT2D eigenvalue weighted by atomic mass is 35.5. The Kier molecular flexibility index (Phi) is 2.41. The van der Waals surface area contributed by atoms with Crippen molar-refractivity contribution >= 4 is 11.6 Å². The van der Waals surface area contributed by atoms with Gasteiger partial charge in [0.1, 0.15) is 5.75 Å². The van der Waals surface area contributed by atoms with E-state index in [4.69, 9.17) is 17.3 Å². The van der Waals surface area contributed by atoms with Crippen LogP contribution < -0.4 is 5.73 Å². The Morgan fingerprint density at radius 3 is 2.57 bits per heavy atom. The second-order valence-corrected chi connectivity index (χ2v) is 4.44. The SMILES string of the molecule is NCC1(c2ccc(Cl)cc2O)CCC1. The van der Waals surface area contributed by atoms with E-state index in [9.17, 15) is 5.11 Å². The monoisotopic (exact) mass is 211 g/mol. The highest BCUT2D eigenvalue weighted by Crippen LogP contribution is 2.46. The normalized spacial score (nSPS) is 19.0. The number of phenolic OH excluding ortho intramolecular Hbond substituents is 1. The van der Waals surface area contributed by atoms with Gasteiger partial charge in [-0.05, 0) is 25.0 Å². The molecule has 1 aromatic carbocycles. The van der Waals surface area contributed by atoms with Gasteiger partial charge in [-0.25, -0.2) is 0 Å². The van der Waals surface area contributed by atoms with Crippen LogP contribution >= 0.6 is 11.6 Å². The van der Waals surface area contributed by atoms with Gasteiger partial charge in [-0.2, -0.15) is 0 Å². The van der Waals surface area contributed by atoms with Crippen LogP contribution in [0.2, 0.25) is 5.02 Å². The molecule has 0 amide bonds. The van der Waals surface area contributed by atoms with E-state index in [0.717, 1.165) is 18.4 Å². The number of halogens is 1. The van der Waals surface area contributed by atoms with Crippen LogP contribution in [0.4, 0.5) is 0 Å². The molecule has 3 heteroatoms. The number of nitrogens with two attached hydrogens (primary N) is 1. The van der Waals surface area contributed by atoms with Gasteiger partial charge in [-0.1, -0.05) is 24.1 Å². The molecule has 0 saturated heterocycles. The van der Waals surface area contributed by atoms with E-state index < -0.39 is 0 Å². The quantitative estimate of drug-likeness (QED) is 0.789. The van der Waals surface area contributed by atoms with Gasteiger partial charge in [0.05, 0.1) is 0 Å². The summed E-state index contributed by atoms with van der Waals surface area (Å²) in [5, 5.41) is 10.4. The molecule has 0 heterocycles. The van der Waals surface area contributed by atoms with Crippen LogP contribution in [0.15, 0.2) is 18.2 Å². The van der Waals surface area contributed by atoms with Crippen LogP contribution in [0.3, 0.4) is 0 Å². The van der Waals surface area contributed by atoms with Gasteiger partial charge in [0, 0.05) is 22.5 Å². The molecule has 2 nitrogen and oxygen atoms in total. The van der Waals surface area contributed by atoms with Gasteiger partial charge in [-0.3, -0.25) is 0 Å². The zero-order chi connectivity index (χ0) is 10.2. The van der Waals surface area contributed by atoms with Crippen molar-refractivity contribution in [1.82, 2.24) is 0 Å². The maximum absolute atomic E-state index is 9.78. The summed E-state index contributed by atoms with van der Waals surface area (Å²) in [6.45, 7) is 0.599. The van der Waals surface area contributed by atoms with Crippen molar-refractivity contribution < 1.29 is 5.11 Å². The molecule has 1 saturated carbocycles. The summed E-state index contributed by atoms with van der Waals surface area (Å²) in [5.74, 6) is 0.280. The second-order valence-electron chi connectivity index (χ2n) is 4.00. The number of hydrogen-bond donors (Lipinski definition) is 2. The van der Waals surface area contributed by atoms with Crippen LogP contribution in [0.1, 0.15) is 24.8 Å². The van der Waals surface area contributed by atoms with E-state index in [1.165, 1.54) is 6.42 Å². The van der Waals surface area contributed by atoms with Crippen LogP contribution in [0.5, 0.6) is 5.75 Å². The molecule has 0 radical (unpaired) electrons. The minimum atomic E-state index is 0.00860. The first-order valence-electron chi connectivity index (χ1n) is 4.87. The molecular formula is C11H14ClNO. The molecule has 0 spiro atoms. The first-order valence-corrected chi connectivity index (χ1v) is 5.25. The molecular weight excluding hydrogens is 198 g/mol. The lowest BCUT2D eigenvalue weighted by Crippen LogP contribution is -2.41. The lowest BCUT2D eigenvalue weighted by molar-refractivity contribution is 0.245. The highest BCUT2D eigenvalue weighted by Gasteiger charge is 2.39. The Labute approximate surface area is 88.7 Å². The van der Waals surface area contributed by atoms with Crippen molar-refractivity contribution in [1.29, 1.82) is 0 Å². The fraction of sp³-hybridized carbons (Fsp3) is 0.455. The first kappa shape index (κ1) is 9.81. The molecule has 2 rings (SSSR count). The molecule has 14 heavy (non-hydrogen) atoms. The maximum atomic E-state index is 9.78. The summed E-state index contributed by atoms with van der Waals surface area (Å²) >= 11 is 5.78. The average Bonchev–Trinajstić information content (AvgIpc) is 2.07. The molecule has 0 aliphatic heterocycles. The third-order valence-corrected chi connectivity index (χ3v) is 3.47. The summed E-state index contributed by atoms with van der Waals surface area (Å²) in [7, 11) is 0. The standard InChI is InChI=1S/C11H14ClNO/c12-8-2-3-9(10(14)6-8)11(7-13)4-1-5-11/h2-3,6,14H,1,4-5,7,13H2. The van der Waals surface area contributed by atoms with Crippen LogP contribution in [0, 0.1) is 0 Å². The maximum Gasteiger partial charge on any atom is 0.120 e. The van der Waals surface area contributed by atoms with Gasteiger partial charge in [0.2, 0.25) is 0 Å². The molecule has 1 aliphatic carbocycles. The molecule has 1 aliphatic rings. The highest BCUT2D eigenvalue weighted by molar-refractivity contribution is 6.30. The Hall–Kier alpha value is -0.730. The summed E-state index contributed by atoms with van der Waals surface area (Å²) < 4.78 is 0. The summed E-state index contributed by atoms with van der Waals surface area (Å²) in [6, 6.07) is 5.29. The first-order chi connectivity index (χ1) is 6.68. The average molecular weight is 212 g/mol. The molecule has 0 bridgehead atoms. The van der Waals surface area contributed by atoms with Crippen molar-refractivity contribution in [3.63, 3.8) is 0 Å². The van der Waals surface area contributed by atoms with Crippen LogP contribution in [-0.2, 0) is 5.41 Å². The minimum Gasteiger partial charge on any atom is -0.508 e. The number of phenols is 1. The smallest absolute Gasteiger partial charge is 0.120 e. The molecule has 1 fully saturated rings. The van der Waals surface area contributed by atoms with Gasteiger partial charge in [-0.15, -0.1) is 0 Å². The Balaban J connectivity index is 2.40. The van der Waals surface area contributed by atoms with Crippen molar-refractivity contribution in [2.75, 3.05) is 6.54 Å². The topological polar surface area (TPSA) is 46.2 Å². The van der Waals surface area contributed by atoms with Crippen molar-refractivity contribution in [3.05, 3.63) is 28.8 Å². The van der Waals surface area contributed by atoms with Crippen LogP contribution in [0.25, 0.3) is 0 Å². The Bertz CT molecular complexity index is 342. The van der Waals surface area contributed by atoms with E-state index >= 15 is 0 Å². The largest absolute Gasteiger partial charge is 0.508 e. The van der Waals surface area contributed by atoms with Gasteiger partial charge in [0.25, 0.3) is 0 Å². The van der Waals surface area contributed by atoms with E-state index in [2.05, 4.69) is 0 Å². The summed E-state index contributed by atoms with van der Waals surface area (Å²) in [5.41, 5.74) is 6.73. The number of aromatic hydroxyl groups is 1. The Morgan fingerprint density at radius 1 is 1.43 bits per heavy atom. The molecule has 3 N–H and O–H groups in total.